The molecule has 1 amide bonds. The Morgan fingerprint density at radius 1 is 1.19 bits per heavy atom. The second-order valence-corrected chi connectivity index (χ2v) is 7.26. The van der Waals surface area contributed by atoms with Crippen molar-refractivity contribution in [3.05, 3.63) is 0 Å². The molecule has 2 N–H and O–H groups in total. The van der Waals surface area contributed by atoms with Crippen LogP contribution in [0.1, 0.15) is 60.3 Å². The van der Waals surface area contributed by atoms with Gasteiger partial charge in [-0.05, 0) is 45.4 Å². The van der Waals surface area contributed by atoms with Crippen LogP contribution >= 0.6 is 0 Å². The summed E-state index contributed by atoms with van der Waals surface area (Å²) in [7, 11) is 0. The van der Waals surface area contributed by atoms with Crippen LogP contribution in [0.15, 0.2) is 0 Å². The minimum atomic E-state index is -0.457. The van der Waals surface area contributed by atoms with E-state index in [9.17, 15) is 4.79 Å². The molecule has 0 radical (unpaired) electrons. The fraction of sp³-hybridized carbons (Fsp3) is 0.938. The molecule has 1 unspecified atom stereocenters. The Morgan fingerprint density at radius 3 is 2.33 bits per heavy atom. The summed E-state index contributed by atoms with van der Waals surface area (Å²) in [6.07, 6.45) is 4.83. The predicted molar refractivity (Wildman–Crippen MR) is 83.9 cm³/mol. The van der Waals surface area contributed by atoms with Crippen LogP contribution in [0.4, 0.5) is 4.79 Å². The van der Waals surface area contributed by atoms with E-state index in [4.69, 9.17) is 9.57 Å². The van der Waals surface area contributed by atoms with Crippen LogP contribution in [0.25, 0.3) is 0 Å². The summed E-state index contributed by atoms with van der Waals surface area (Å²) in [6.45, 7) is 11.2. The number of carbonyl (C=O) groups excluding carboxylic acids is 1. The predicted octanol–water partition coefficient (Wildman–Crippen LogP) is 3.25. The van der Waals surface area contributed by atoms with E-state index in [1.165, 1.54) is 12.8 Å². The van der Waals surface area contributed by atoms with Crippen molar-refractivity contribution in [2.45, 2.75) is 72.0 Å². The number of alkyl carbamates (subject to hydrolysis) is 1. The highest BCUT2D eigenvalue weighted by Gasteiger charge is 2.20. The summed E-state index contributed by atoms with van der Waals surface area (Å²) in [4.78, 5) is 17.4. The van der Waals surface area contributed by atoms with Gasteiger partial charge in [0.1, 0.15) is 5.60 Å². The Hall–Kier alpha value is -0.810. The summed E-state index contributed by atoms with van der Waals surface area (Å²) in [5.74, 6) is 0.776. The Kier molecular flexibility index (Phi) is 7.46. The SMILES string of the molecule is CC(C)C(CNOC1CCCC1)CNC(=O)OC(C)(C)C. The number of hydrogen-bond acceptors (Lipinski definition) is 4. The van der Waals surface area contributed by atoms with E-state index in [0.717, 1.165) is 19.4 Å². The largest absolute Gasteiger partial charge is 0.444 e. The second kappa shape index (κ2) is 8.59. The van der Waals surface area contributed by atoms with Gasteiger partial charge in [0.25, 0.3) is 0 Å². The Bertz CT molecular complexity index is 307. The van der Waals surface area contributed by atoms with Gasteiger partial charge in [-0.15, -0.1) is 0 Å². The lowest BCUT2D eigenvalue weighted by molar-refractivity contribution is -0.0295. The van der Waals surface area contributed by atoms with Gasteiger partial charge in [0.05, 0.1) is 6.10 Å². The highest BCUT2D eigenvalue weighted by atomic mass is 16.7. The standard InChI is InChI=1S/C16H32N2O3/c1-12(2)13(10-17-15(19)20-16(3,4)5)11-18-21-14-8-6-7-9-14/h12-14,18H,6-11H2,1-5H3,(H,17,19). The molecule has 0 saturated heterocycles. The molecule has 0 aromatic rings. The molecule has 124 valence electrons. The molecule has 5 nitrogen and oxygen atoms in total. The smallest absolute Gasteiger partial charge is 0.407 e. The maximum atomic E-state index is 11.7. The van der Waals surface area contributed by atoms with Gasteiger partial charge in [0, 0.05) is 13.1 Å². The molecule has 5 heteroatoms. The molecule has 0 aromatic carbocycles. The molecule has 21 heavy (non-hydrogen) atoms. The van der Waals surface area contributed by atoms with Crippen molar-refractivity contribution in [2.75, 3.05) is 13.1 Å². The molecule has 0 bridgehead atoms. The summed E-state index contributed by atoms with van der Waals surface area (Å²) in [5, 5.41) is 2.84. The first-order valence-electron chi connectivity index (χ1n) is 8.13. The van der Waals surface area contributed by atoms with Crippen molar-refractivity contribution >= 4 is 6.09 Å². The van der Waals surface area contributed by atoms with E-state index in [1.807, 2.05) is 20.8 Å². The monoisotopic (exact) mass is 300 g/mol. The lowest BCUT2D eigenvalue weighted by Gasteiger charge is -2.24. The number of nitrogens with one attached hydrogen (secondary N) is 2. The van der Waals surface area contributed by atoms with Crippen LogP contribution in [-0.2, 0) is 9.57 Å². The van der Waals surface area contributed by atoms with Crippen LogP contribution in [0.2, 0.25) is 0 Å². The van der Waals surface area contributed by atoms with Crippen LogP contribution in [0, 0.1) is 11.8 Å². The molecule has 1 saturated carbocycles. The number of amides is 1. The fourth-order valence-electron chi connectivity index (χ4n) is 2.35. The zero-order valence-corrected chi connectivity index (χ0v) is 14.2. The first-order chi connectivity index (χ1) is 9.78. The summed E-state index contributed by atoms with van der Waals surface area (Å²) in [5.41, 5.74) is 2.63. The van der Waals surface area contributed by atoms with E-state index in [-0.39, 0.29) is 6.09 Å². The zero-order valence-electron chi connectivity index (χ0n) is 14.2. The van der Waals surface area contributed by atoms with Crippen LogP contribution in [-0.4, -0.2) is 30.9 Å². The molecular formula is C16H32N2O3. The van der Waals surface area contributed by atoms with E-state index in [1.54, 1.807) is 0 Å². The van der Waals surface area contributed by atoms with Crippen molar-refractivity contribution in [3.8, 4) is 0 Å². The average Bonchev–Trinajstić information content (AvgIpc) is 2.83. The van der Waals surface area contributed by atoms with Gasteiger partial charge < -0.3 is 10.1 Å². The van der Waals surface area contributed by atoms with Crippen molar-refractivity contribution < 1.29 is 14.4 Å². The van der Waals surface area contributed by atoms with Gasteiger partial charge >= 0.3 is 6.09 Å². The molecule has 1 fully saturated rings. The summed E-state index contributed by atoms with van der Waals surface area (Å²) < 4.78 is 5.25. The number of hydrogen-bond donors (Lipinski definition) is 2. The van der Waals surface area contributed by atoms with E-state index in [2.05, 4.69) is 24.6 Å². The third-order valence-electron chi connectivity index (χ3n) is 3.75. The average molecular weight is 300 g/mol. The zero-order chi connectivity index (χ0) is 15.9. The number of hydroxylamine groups is 1. The third kappa shape index (κ3) is 8.27. The number of rotatable bonds is 7. The Labute approximate surface area is 129 Å². The molecule has 0 heterocycles. The Morgan fingerprint density at radius 2 is 1.81 bits per heavy atom. The molecule has 0 aromatic heterocycles. The Balaban J connectivity index is 2.24. The first kappa shape index (κ1) is 18.2. The second-order valence-electron chi connectivity index (χ2n) is 7.26. The van der Waals surface area contributed by atoms with Crippen LogP contribution < -0.4 is 10.8 Å². The van der Waals surface area contributed by atoms with Gasteiger partial charge in [0.15, 0.2) is 0 Å². The molecule has 0 aliphatic heterocycles. The highest BCUT2D eigenvalue weighted by Crippen LogP contribution is 2.20. The van der Waals surface area contributed by atoms with Crippen molar-refractivity contribution in [3.63, 3.8) is 0 Å². The van der Waals surface area contributed by atoms with Gasteiger partial charge in [-0.3, -0.25) is 4.84 Å². The topological polar surface area (TPSA) is 59.6 Å². The lowest BCUT2D eigenvalue weighted by Crippen LogP contribution is -2.40. The fourth-order valence-corrected chi connectivity index (χ4v) is 2.35. The molecular weight excluding hydrogens is 268 g/mol. The lowest BCUT2D eigenvalue weighted by atomic mass is 9.96. The maximum Gasteiger partial charge on any atom is 0.407 e. The van der Waals surface area contributed by atoms with Crippen LogP contribution in [0.3, 0.4) is 0 Å². The van der Waals surface area contributed by atoms with Gasteiger partial charge in [-0.2, -0.15) is 0 Å². The summed E-state index contributed by atoms with van der Waals surface area (Å²) in [6, 6.07) is 0. The molecule has 1 aliphatic rings. The minimum absolute atomic E-state index is 0.318. The van der Waals surface area contributed by atoms with Gasteiger partial charge in [-0.25, -0.2) is 10.3 Å². The summed E-state index contributed by atoms with van der Waals surface area (Å²) >= 11 is 0. The normalized spacial score (nSPS) is 18.0. The van der Waals surface area contributed by atoms with E-state index < -0.39 is 5.60 Å². The van der Waals surface area contributed by atoms with Gasteiger partial charge in [0.2, 0.25) is 0 Å². The van der Waals surface area contributed by atoms with Crippen molar-refractivity contribution in [1.82, 2.24) is 10.8 Å². The van der Waals surface area contributed by atoms with Crippen molar-refractivity contribution in [2.24, 2.45) is 11.8 Å². The molecule has 1 rings (SSSR count). The first-order valence-corrected chi connectivity index (χ1v) is 8.13. The van der Waals surface area contributed by atoms with E-state index >= 15 is 0 Å². The number of ether oxygens (including phenoxy) is 1. The van der Waals surface area contributed by atoms with E-state index in [0.29, 0.717) is 24.5 Å². The van der Waals surface area contributed by atoms with Crippen molar-refractivity contribution in [1.29, 1.82) is 0 Å². The van der Waals surface area contributed by atoms with Crippen LogP contribution in [0.5, 0.6) is 0 Å². The quantitative estimate of drug-likeness (QED) is 0.709. The minimum Gasteiger partial charge on any atom is -0.444 e. The van der Waals surface area contributed by atoms with Gasteiger partial charge in [-0.1, -0.05) is 26.7 Å². The molecule has 1 atom stereocenters. The highest BCUT2D eigenvalue weighted by molar-refractivity contribution is 5.67. The molecule has 1 aliphatic carbocycles. The third-order valence-corrected chi connectivity index (χ3v) is 3.75. The molecule has 0 spiro atoms. The number of carbonyl (C=O) groups is 1. The maximum absolute atomic E-state index is 11.7.